The molecular formula is C14H17ClN4O2. The standard InChI is InChI=1S/C14H17ClN4O2/c1-10(11-5-3-4-6-12(11)15)18(2)7-8-19-9-13(14(20)21)16-17-19/h3-6,9-10H,7-8H2,1-2H3,(H,20,21). The Hall–Kier alpha value is -1.92. The molecule has 7 heteroatoms. The smallest absolute Gasteiger partial charge is 0.358 e. The predicted molar refractivity (Wildman–Crippen MR) is 79.5 cm³/mol. The van der Waals surface area contributed by atoms with Crippen LogP contribution in [0, 0.1) is 0 Å². The molecule has 2 rings (SSSR count). The van der Waals surface area contributed by atoms with Gasteiger partial charge >= 0.3 is 5.97 Å². The fourth-order valence-electron chi connectivity index (χ4n) is 2.01. The van der Waals surface area contributed by atoms with Crippen molar-refractivity contribution in [3.63, 3.8) is 0 Å². The summed E-state index contributed by atoms with van der Waals surface area (Å²) in [6.45, 7) is 3.34. The van der Waals surface area contributed by atoms with Crippen molar-refractivity contribution in [2.75, 3.05) is 13.6 Å². The lowest BCUT2D eigenvalue weighted by atomic mass is 10.1. The highest BCUT2D eigenvalue weighted by Crippen LogP contribution is 2.25. The van der Waals surface area contributed by atoms with E-state index < -0.39 is 5.97 Å². The van der Waals surface area contributed by atoms with Gasteiger partial charge in [0.2, 0.25) is 0 Å². The molecule has 0 aliphatic heterocycles. The molecule has 112 valence electrons. The molecule has 1 N–H and O–H groups in total. The van der Waals surface area contributed by atoms with Crippen LogP contribution in [0.4, 0.5) is 0 Å². The van der Waals surface area contributed by atoms with E-state index in [2.05, 4.69) is 22.1 Å². The number of aromatic carboxylic acids is 1. The van der Waals surface area contributed by atoms with Crippen molar-refractivity contribution in [2.24, 2.45) is 0 Å². The molecule has 1 atom stereocenters. The maximum absolute atomic E-state index is 10.7. The van der Waals surface area contributed by atoms with Crippen molar-refractivity contribution in [3.05, 3.63) is 46.7 Å². The van der Waals surface area contributed by atoms with E-state index in [0.29, 0.717) is 13.1 Å². The van der Waals surface area contributed by atoms with Crippen molar-refractivity contribution in [2.45, 2.75) is 19.5 Å². The minimum atomic E-state index is -1.07. The summed E-state index contributed by atoms with van der Waals surface area (Å²) in [6.07, 6.45) is 1.43. The molecule has 21 heavy (non-hydrogen) atoms. The molecular weight excluding hydrogens is 292 g/mol. The lowest BCUT2D eigenvalue weighted by Crippen LogP contribution is -2.26. The number of benzene rings is 1. The number of likely N-dealkylation sites (N-methyl/N-ethyl adjacent to an activating group) is 1. The first-order chi connectivity index (χ1) is 9.99. The van der Waals surface area contributed by atoms with Gasteiger partial charge in [0.25, 0.3) is 0 Å². The van der Waals surface area contributed by atoms with Crippen molar-refractivity contribution in [3.8, 4) is 0 Å². The number of carbonyl (C=O) groups is 1. The molecule has 0 amide bonds. The summed E-state index contributed by atoms with van der Waals surface area (Å²) in [4.78, 5) is 12.9. The highest BCUT2D eigenvalue weighted by molar-refractivity contribution is 6.31. The first kappa shape index (κ1) is 15.5. The molecule has 6 nitrogen and oxygen atoms in total. The van der Waals surface area contributed by atoms with E-state index in [-0.39, 0.29) is 11.7 Å². The highest BCUT2D eigenvalue weighted by atomic mass is 35.5. The summed E-state index contributed by atoms with van der Waals surface area (Å²) >= 11 is 6.20. The normalized spacial score (nSPS) is 12.6. The summed E-state index contributed by atoms with van der Waals surface area (Å²) in [5.41, 5.74) is 1.02. The summed E-state index contributed by atoms with van der Waals surface area (Å²) in [5, 5.41) is 16.9. The topological polar surface area (TPSA) is 71.2 Å². The number of aromatic nitrogens is 3. The van der Waals surface area contributed by atoms with Crippen LogP contribution in [0.1, 0.15) is 29.0 Å². The minimum Gasteiger partial charge on any atom is -0.476 e. The molecule has 0 bridgehead atoms. The Kier molecular flexibility index (Phi) is 4.93. The zero-order valence-corrected chi connectivity index (χ0v) is 12.7. The summed E-state index contributed by atoms with van der Waals surface area (Å²) in [6, 6.07) is 7.89. The van der Waals surface area contributed by atoms with Crippen LogP contribution in [0.25, 0.3) is 0 Å². The molecule has 0 saturated heterocycles. The molecule has 1 aromatic carbocycles. The maximum Gasteiger partial charge on any atom is 0.358 e. The average molecular weight is 309 g/mol. The third kappa shape index (κ3) is 3.80. The highest BCUT2D eigenvalue weighted by Gasteiger charge is 2.15. The third-order valence-corrected chi connectivity index (χ3v) is 3.80. The van der Waals surface area contributed by atoms with E-state index in [1.165, 1.54) is 10.9 Å². The molecule has 0 aliphatic rings. The fourth-order valence-corrected chi connectivity index (χ4v) is 2.30. The van der Waals surface area contributed by atoms with Crippen LogP contribution < -0.4 is 0 Å². The van der Waals surface area contributed by atoms with E-state index in [1.54, 1.807) is 0 Å². The summed E-state index contributed by atoms with van der Waals surface area (Å²) < 4.78 is 1.53. The Morgan fingerprint density at radius 2 is 2.19 bits per heavy atom. The number of rotatable bonds is 6. The summed E-state index contributed by atoms with van der Waals surface area (Å²) in [7, 11) is 1.99. The van der Waals surface area contributed by atoms with E-state index in [0.717, 1.165) is 10.6 Å². The number of nitrogens with zero attached hydrogens (tertiary/aromatic N) is 4. The molecule has 0 radical (unpaired) electrons. The fraction of sp³-hybridized carbons (Fsp3) is 0.357. The SMILES string of the molecule is CC(c1ccccc1Cl)N(C)CCn1cc(C(=O)O)nn1. The van der Waals surface area contributed by atoms with Crippen molar-refractivity contribution < 1.29 is 9.90 Å². The van der Waals surface area contributed by atoms with Gasteiger partial charge in [-0.2, -0.15) is 0 Å². The van der Waals surface area contributed by atoms with Crippen LogP contribution in [0.3, 0.4) is 0 Å². The quantitative estimate of drug-likeness (QED) is 0.886. The largest absolute Gasteiger partial charge is 0.476 e. The van der Waals surface area contributed by atoms with Gasteiger partial charge in [-0.3, -0.25) is 9.58 Å². The summed E-state index contributed by atoms with van der Waals surface area (Å²) in [5.74, 6) is -1.07. The van der Waals surface area contributed by atoms with Crippen LogP contribution in [0.15, 0.2) is 30.5 Å². The third-order valence-electron chi connectivity index (χ3n) is 3.46. The van der Waals surface area contributed by atoms with Crippen molar-refractivity contribution >= 4 is 17.6 Å². The van der Waals surface area contributed by atoms with Gasteiger partial charge in [0.05, 0.1) is 12.7 Å². The lowest BCUT2D eigenvalue weighted by molar-refractivity contribution is 0.0690. The van der Waals surface area contributed by atoms with Gasteiger partial charge in [-0.25, -0.2) is 4.79 Å². The first-order valence-electron chi connectivity index (χ1n) is 6.57. The van der Waals surface area contributed by atoms with Crippen LogP contribution in [-0.4, -0.2) is 44.6 Å². The van der Waals surface area contributed by atoms with Crippen molar-refractivity contribution in [1.29, 1.82) is 0 Å². The maximum atomic E-state index is 10.7. The molecule has 1 unspecified atom stereocenters. The molecule has 0 fully saturated rings. The molecule has 0 spiro atoms. The Balaban J connectivity index is 1.96. The van der Waals surface area contributed by atoms with Gasteiger partial charge in [-0.05, 0) is 25.6 Å². The second-order valence-electron chi connectivity index (χ2n) is 4.85. The molecule has 2 aromatic rings. The van der Waals surface area contributed by atoms with Gasteiger partial charge in [-0.1, -0.05) is 35.0 Å². The van der Waals surface area contributed by atoms with Crippen LogP contribution in [-0.2, 0) is 6.54 Å². The number of hydrogen-bond donors (Lipinski definition) is 1. The van der Waals surface area contributed by atoms with E-state index in [9.17, 15) is 4.79 Å². The average Bonchev–Trinajstić information content (AvgIpc) is 2.93. The van der Waals surface area contributed by atoms with Crippen LogP contribution in [0.2, 0.25) is 5.02 Å². The molecule has 0 aliphatic carbocycles. The number of carboxylic acids is 1. The zero-order chi connectivity index (χ0) is 15.4. The van der Waals surface area contributed by atoms with Gasteiger partial charge in [0.1, 0.15) is 0 Å². The van der Waals surface area contributed by atoms with E-state index in [4.69, 9.17) is 16.7 Å². The Bertz CT molecular complexity index is 629. The monoisotopic (exact) mass is 308 g/mol. The van der Waals surface area contributed by atoms with Crippen LogP contribution >= 0.6 is 11.6 Å². The van der Waals surface area contributed by atoms with E-state index >= 15 is 0 Å². The van der Waals surface area contributed by atoms with Gasteiger partial charge in [-0.15, -0.1) is 5.10 Å². The second kappa shape index (κ2) is 6.69. The number of carboxylic acid groups (broad SMARTS) is 1. The lowest BCUT2D eigenvalue weighted by Gasteiger charge is -2.25. The number of halogens is 1. The van der Waals surface area contributed by atoms with Gasteiger partial charge in [0.15, 0.2) is 5.69 Å². The van der Waals surface area contributed by atoms with Gasteiger partial charge in [0, 0.05) is 17.6 Å². The number of hydrogen-bond acceptors (Lipinski definition) is 4. The van der Waals surface area contributed by atoms with Crippen LogP contribution in [0.5, 0.6) is 0 Å². The van der Waals surface area contributed by atoms with E-state index in [1.807, 2.05) is 31.3 Å². The second-order valence-corrected chi connectivity index (χ2v) is 5.26. The molecule has 1 heterocycles. The predicted octanol–water partition coefficient (Wildman–Crippen LogP) is 2.32. The zero-order valence-electron chi connectivity index (χ0n) is 11.9. The Morgan fingerprint density at radius 3 is 2.81 bits per heavy atom. The van der Waals surface area contributed by atoms with Gasteiger partial charge < -0.3 is 5.11 Å². The Labute approximate surface area is 127 Å². The first-order valence-corrected chi connectivity index (χ1v) is 6.95. The minimum absolute atomic E-state index is 0.0446. The van der Waals surface area contributed by atoms with Crippen molar-refractivity contribution in [1.82, 2.24) is 19.9 Å². The Morgan fingerprint density at radius 1 is 1.48 bits per heavy atom. The molecule has 1 aromatic heterocycles. The molecule has 0 saturated carbocycles.